The van der Waals surface area contributed by atoms with E-state index in [9.17, 15) is 4.79 Å². The smallest absolute Gasteiger partial charge is 0.239 e. The number of hydrogen-bond donors (Lipinski definition) is 1. The molecule has 1 amide bonds. The fourth-order valence-electron chi connectivity index (χ4n) is 1.13. The molecule has 0 aliphatic heterocycles. The Bertz CT molecular complexity index is 354. The quantitative estimate of drug-likeness (QED) is 0.849. The van der Waals surface area contributed by atoms with E-state index in [0.29, 0.717) is 5.13 Å². The summed E-state index contributed by atoms with van der Waals surface area (Å²) < 4.78 is 0. The molecule has 1 aromatic rings. The summed E-state index contributed by atoms with van der Waals surface area (Å²) in [5, 5.41) is 5.42. The zero-order valence-electron chi connectivity index (χ0n) is 9.66. The molecule has 0 saturated heterocycles. The van der Waals surface area contributed by atoms with Gasteiger partial charge in [-0.15, -0.1) is 11.3 Å². The van der Waals surface area contributed by atoms with Crippen molar-refractivity contribution in [3.8, 4) is 0 Å². The van der Waals surface area contributed by atoms with E-state index in [4.69, 9.17) is 0 Å². The summed E-state index contributed by atoms with van der Waals surface area (Å²) >= 11 is 4.76. The molecule has 0 aliphatic rings. The van der Waals surface area contributed by atoms with Gasteiger partial charge in [0.15, 0.2) is 5.13 Å². The predicted molar refractivity (Wildman–Crippen MR) is 71.1 cm³/mol. The Balaban J connectivity index is 2.55. The average Bonchev–Trinajstić information content (AvgIpc) is 2.63. The van der Waals surface area contributed by atoms with Gasteiger partial charge in [-0.25, -0.2) is 4.98 Å². The van der Waals surface area contributed by atoms with Crippen molar-refractivity contribution in [1.82, 2.24) is 9.88 Å². The van der Waals surface area contributed by atoms with Crippen LogP contribution >= 0.6 is 27.3 Å². The van der Waals surface area contributed by atoms with Crippen LogP contribution in [0.3, 0.4) is 0 Å². The van der Waals surface area contributed by atoms with E-state index in [0.717, 1.165) is 18.7 Å². The SMILES string of the molecule is CCC(Br)C(=O)Nc1nc(CN(C)C)cs1. The van der Waals surface area contributed by atoms with Gasteiger partial charge in [-0.1, -0.05) is 22.9 Å². The summed E-state index contributed by atoms with van der Waals surface area (Å²) in [5.41, 5.74) is 0.980. The first-order valence-electron chi connectivity index (χ1n) is 5.07. The molecule has 0 saturated carbocycles. The van der Waals surface area contributed by atoms with Crippen molar-refractivity contribution >= 4 is 38.3 Å². The molecule has 1 aromatic heterocycles. The maximum atomic E-state index is 11.6. The van der Waals surface area contributed by atoms with Gasteiger partial charge in [-0.3, -0.25) is 4.79 Å². The Labute approximate surface area is 108 Å². The first-order chi connectivity index (χ1) is 7.52. The van der Waals surface area contributed by atoms with Crippen LogP contribution in [0, 0.1) is 0 Å². The Morgan fingerprint density at radius 2 is 2.38 bits per heavy atom. The van der Waals surface area contributed by atoms with Crippen molar-refractivity contribution in [1.29, 1.82) is 0 Å². The number of anilines is 1. The molecule has 1 atom stereocenters. The highest BCUT2D eigenvalue weighted by Crippen LogP contribution is 2.17. The lowest BCUT2D eigenvalue weighted by atomic mass is 10.3. The van der Waals surface area contributed by atoms with E-state index in [1.807, 2.05) is 31.3 Å². The van der Waals surface area contributed by atoms with Crippen LogP contribution in [0.15, 0.2) is 5.38 Å². The minimum absolute atomic E-state index is 0.0340. The molecule has 6 heteroatoms. The molecule has 0 aliphatic carbocycles. The van der Waals surface area contributed by atoms with E-state index in [1.54, 1.807) is 0 Å². The number of aromatic nitrogens is 1. The van der Waals surface area contributed by atoms with E-state index in [2.05, 4.69) is 26.2 Å². The number of halogens is 1. The normalized spacial score (nSPS) is 12.8. The van der Waals surface area contributed by atoms with Gasteiger partial charge in [-0.2, -0.15) is 0 Å². The molecule has 0 radical (unpaired) electrons. The number of nitrogens with one attached hydrogen (secondary N) is 1. The fourth-order valence-corrected chi connectivity index (χ4v) is 1.95. The van der Waals surface area contributed by atoms with Crippen molar-refractivity contribution in [3.05, 3.63) is 11.1 Å². The van der Waals surface area contributed by atoms with Gasteiger partial charge in [0, 0.05) is 11.9 Å². The van der Waals surface area contributed by atoms with Gasteiger partial charge in [0.1, 0.15) is 0 Å². The van der Waals surface area contributed by atoms with Crippen LogP contribution < -0.4 is 5.32 Å². The predicted octanol–water partition coefficient (Wildman–Crippen LogP) is 2.32. The molecule has 4 nitrogen and oxygen atoms in total. The second-order valence-electron chi connectivity index (χ2n) is 3.75. The topological polar surface area (TPSA) is 45.2 Å². The highest BCUT2D eigenvalue weighted by molar-refractivity contribution is 9.10. The number of rotatable bonds is 5. The van der Waals surface area contributed by atoms with Crippen LogP contribution in [-0.4, -0.2) is 34.7 Å². The number of thiazole rings is 1. The molecule has 90 valence electrons. The third kappa shape index (κ3) is 4.19. The summed E-state index contributed by atoms with van der Waals surface area (Å²) in [4.78, 5) is 17.8. The Hall–Kier alpha value is -0.460. The van der Waals surface area contributed by atoms with Crippen molar-refractivity contribution in [2.45, 2.75) is 24.7 Å². The van der Waals surface area contributed by atoms with Crippen LogP contribution in [0.2, 0.25) is 0 Å². The van der Waals surface area contributed by atoms with Crippen LogP contribution in [0.25, 0.3) is 0 Å². The molecular weight excluding hydrogens is 290 g/mol. The zero-order valence-corrected chi connectivity index (χ0v) is 12.1. The van der Waals surface area contributed by atoms with Crippen molar-refractivity contribution in [3.63, 3.8) is 0 Å². The molecule has 1 unspecified atom stereocenters. The first-order valence-corrected chi connectivity index (χ1v) is 6.86. The minimum atomic E-state index is -0.145. The number of alkyl halides is 1. The summed E-state index contributed by atoms with van der Waals surface area (Å²) in [6, 6.07) is 0. The van der Waals surface area contributed by atoms with E-state index in [-0.39, 0.29) is 10.7 Å². The third-order valence-electron chi connectivity index (χ3n) is 1.90. The lowest BCUT2D eigenvalue weighted by Crippen LogP contribution is -2.22. The van der Waals surface area contributed by atoms with E-state index >= 15 is 0 Å². The van der Waals surface area contributed by atoms with Crippen molar-refractivity contribution in [2.75, 3.05) is 19.4 Å². The van der Waals surface area contributed by atoms with E-state index < -0.39 is 0 Å². The fraction of sp³-hybridized carbons (Fsp3) is 0.600. The summed E-state index contributed by atoms with van der Waals surface area (Å²) in [5.74, 6) is -0.0340. The number of amides is 1. The first kappa shape index (κ1) is 13.6. The van der Waals surface area contributed by atoms with Gasteiger partial charge >= 0.3 is 0 Å². The average molecular weight is 306 g/mol. The van der Waals surface area contributed by atoms with Crippen LogP contribution in [-0.2, 0) is 11.3 Å². The maximum absolute atomic E-state index is 11.6. The van der Waals surface area contributed by atoms with Gasteiger partial charge in [0.2, 0.25) is 5.91 Å². The molecule has 0 fully saturated rings. The molecule has 0 spiro atoms. The van der Waals surface area contributed by atoms with Crippen LogP contribution in [0.1, 0.15) is 19.0 Å². The highest BCUT2D eigenvalue weighted by Gasteiger charge is 2.14. The Morgan fingerprint density at radius 1 is 1.69 bits per heavy atom. The van der Waals surface area contributed by atoms with Gasteiger partial charge in [0.05, 0.1) is 10.5 Å². The van der Waals surface area contributed by atoms with Gasteiger partial charge < -0.3 is 10.2 Å². The maximum Gasteiger partial charge on any atom is 0.239 e. The number of hydrogen-bond acceptors (Lipinski definition) is 4. The van der Waals surface area contributed by atoms with Crippen LogP contribution in [0.4, 0.5) is 5.13 Å². The number of carbonyl (C=O) groups is 1. The molecule has 1 rings (SSSR count). The molecule has 1 heterocycles. The minimum Gasteiger partial charge on any atom is -0.304 e. The largest absolute Gasteiger partial charge is 0.304 e. The van der Waals surface area contributed by atoms with Crippen molar-refractivity contribution in [2.24, 2.45) is 0 Å². The third-order valence-corrected chi connectivity index (χ3v) is 3.77. The molecule has 0 aromatic carbocycles. The number of nitrogens with zero attached hydrogens (tertiary/aromatic N) is 2. The molecule has 0 bridgehead atoms. The van der Waals surface area contributed by atoms with Crippen LogP contribution in [0.5, 0.6) is 0 Å². The molecule has 16 heavy (non-hydrogen) atoms. The van der Waals surface area contributed by atoms with Crippen molar-refractivity contribution < 1.29 is 4.79 Å². The second-order valence-corrected chi connectivity index (χ2v) is 5.71. The van der Waals surface area contributed by atoms with Gasteiger partial charge in [-0.05, 0) is 20.5 Å². The summed E-state index contributed by atoms with van der Waals surface area (Å²) in [6.07, 6.45) is 0.766. The lowest BCUT2D eigenvalue weighted by Gasteiger charge is -2.06. The monoisotopic (exact) mass is 305 g/mol. The molecule has 1 N–H and O–H groups in total. The molecular formula is C10H16BrN3OS. The summed E-state index contributed by atoms with van der Waals surface area (Å²) in [6.45, 7) is 2.75. The van der Waals surface area contributed by atoms with Gasteiger partial charge in [0.25, 0.3) is 0 Å². The standard InChI is InChI=1S/C10H16BrN3OS/c1-4-8(11)9(15)13-10-12-7(6-16-10)5-14(2)3/h6,8H,4-5H2,1-3H3,(H,12,13,15). The van der Waals surface area contributed by atoms with E-state index in [1.165, 1.54) is 11.3 Å². The number of carbonyl (C=O) groups excluding carboxylic acids is 1. The second kappa shape index (κ2) is 6.32. The summed E-state index contributed by atoms with van der Waals surface area (Å²) in [7, 11) is 3.98. The Morgan fingerprint density at radius 3 is 2.94 bits per heavy atom. The lowest BCUT2D eigenvalue weighted by molar-refractivity contribution is -0.115. The highest BCUT2D eigenvalue weighted by atomic mass is 79.9. The Kier molecular flexibility index (Phi) is 5.37. The zero-order chi connectivity index (χ0) is 12.1.